The Morgan fingerprint density at radius 2 is 0.983 bits per heavy atom. The van der Waals surface area contributed by atoms with Gasteiger partial charge in [0.1, 0.15) is 17.4 Å². The third-order valence-corrected chi connectivity index (χ3v) is 8.76. The molecule has 0 saturated heterocycles. The van der Waals surface area contributed by atoms with Crippen molar-refractivity contribution in [2.75, 3.05) is 56.1 Å². The van der Waals surface area contributed by atoms with Gasteiger partial charge in [0.05, 0.1) is 31.2 Å². The maximum absolute atomic E-state index is 13.4. The topological polar surface area (TPSA) is 265 Å². The van der Waals surface area contributed by atoms with Gasteiger partial charge in [-0.1, -0.05) is 0 Å². The van der Waals surface area contributed by atoms with E-state index in [2.05, 4.69) is 26.6 Å². The highest BCUT2D eigenvalue weighted by molar-refractivity contribution is 6.10. The molecule has 0 fully saturated rings. The fourth-order valence-electron chi connectivity index (χ4n) is 5.75. The van der Waals surface area contributed by atoms with Crippen LogP contribution >= 0.6 is 0 Å². The predicted molar refractivity (Wildman–Crippen MR) is 220 cm³/mol. The summed E-state index contributed by atoms with van der Waals surface area (Å²) in [7, 11) is 5.84. The van der Waals surface area contributed by atoms with E-state index >= 15 is 0 Å². The average molecular weight is 821 g/mol. The SMILES string of the molecule is COc1c(NC(=O)c2ccc(NC(=O)c3ccc(NC(=O)[C@H](CN(C)C)NC(=O)c4ccc(NC(=O)c5ccc(O)cc5)cc4)cc3)c(OC)c2O)ccc(C(=O)O)c1O. The number of carbonyl (C=O) groups excluding carboxylic acids is 5. The molecule has 0 aliphatic rings. The molecule has 0 unspecified atom stereocenters. The van der Waals surface area contributed by atoms with Crippen LogP contribution in [0.15, 0.2) is 97.1 Å². The van der Waals surface area contributed by atoms with Crippen LogP contribution in [0.2, 0.25) is 0 Å². The predicted octanol–water partition coefficient (Wildman–Crippen LogP) is 4.57. The number of aromatic hydroxyl groups is 3. The smallest absolute Gasteiger partial charge is 0.339 e. The van der Waals surface area contributed by atoms with Crippen molar-refractivity contribution in [1.82, 2.24) is 10.2 Å². The molecule has 0 aliphatic carbocycles. The number of hydrogen-bond donors (Lipinski definition) is 9. The number of carbonyl (C=O) groups is 6. The van der Waals surface area contributed by atoms with E-state index in [-0.39, 0.29) is 51.9 Å². The molecule has 0 saturated carbocycles. The van der Waals surface area contributed by atoms with Crippen molar-refractivity contribution in [3.63, 3.8) is 0 Å². The highest BCUT2D eigenvalue weighted by atomic mass is 16.5. The number of carboxylic acids is 1. The molecular formula is C42H40N6O12. The van der Waals surface area contributed by atoms with E-state index in [1.807, 2.05) is 0 Å². The Labute approximate surface area is 342 Å². The number of amides is 5. The third-order valence-electron chi connectivity index (χ3n) is 8.76. The number of carboxylic acid groups (broad SMARTS) is 1. The van der Waals surface area contributed by atoms with Gasteiger partial charge in [0.2, 0.25) is 5.91 Å². The van der Waals surface area contributed by atoms with E-state index in [1.54, 1.807) is 31.1 Å². The van der Waals surface area contributed by atoms with Gasteiger partial charge in [-0.05, 0) is 111 Å². The first kappa shape index (κ1) is 43.0. The maximum atomic E-state index is 13.4. The van der Waals surface area contributed by atoms with Crippen LogP contribution in [0, 0.1) is 0 Å². The summed E-state index contributed by atoms with van der Waals surface area (Å²) in [5.41, 5.74) is 0.629. The summed E-state index contributed by atoms with van der Waals surface area (Å²) in [6.07, 6.45) is 0. The first-order chi connectivity index (χ1) is 28.6. The monoisotopic (exact) mass is 820 g/mol. The molecule has 0 bridgehead atoms. The highest BCUT2D eigenvalue weighted by Gasteiger charge is 2.25. The van der Waals surface area contributed by atoms with E-state index in [1.165, 1.54) is 93.1 Å². The van der Waals surface area contributed by atoms with Crippen molar-refractivity contribution in [1.29, 1.82) is 0 Å². The number of benzene rings is 5. The first-order valence-electron chi connectivity index (χ1n) is 17.8. The lowest BCUT2D eigenvalue weighted by Crippen LogP contribution is -2.49. The van der Waals surface area contributed by atoms with Gasteiger partial charge in [0.25, 0.3) is 23.6 Å². The van der Waals surface area contributed by atoms with Gasteiger partial charge in [0, 0.05) is 34.6 Å². The van der Waals surface area contributed by atoms with Gasteiger partial charge in [-0.15, -0.1) is 0 Å². The minimum absolute atomic E-state index is 0.00528. The van der Waals surface area contributed by atoms with Gasteiger partial charge in [-0.3, -0.25) is 24.0 Å². The number of phenolic OH excluding ortho intramolecular Hbond substituents is 2. The summed E-state index contributed by atoms with van der Waals surface area (Å²) >= 11 is 0. The van der Waals surface area contributed by atoms with Crippen molar-refractivity contribution >= 4 is 58.3 Å². The van der Waals surface area contributed by atoms with Crippen LogP contribution in [0.3, 0.4) is 0 Å². The number of methoxy groups -OCH3 is 2. The third kappa shape index (κ3) is 10.2. The van der Waals surface area contributed by atoms with Crippen LogP contribution in [0.5, 0.6) is 28.7 Å². The number of hydrogen-bond acceptors (Lipinski definition) is 12. The molecule has 310 valence electrons. The minimum atomic E-state index is -1.42. The Morgan fingerprint density at radius 1 is 0.550 bits per heavy atom. The summed E-state index contributed by atoms with van der Waals surface area (Å²) in [6.45, 7) is 0.144. The second-order valence-corrected chi connectivity index (χ2v) is 13.2. The molecule has 0 aliphatic heterocycles. The van der Waals surface area contributed by atoms with Gasteiger partial charge in [-0.25, -0.2) is 4.79 Å². The molecule has 5 aromatic carbocycles. The highest BCUT2D eigenvalue weighted by Crippen LogP contribution is 2.40. The molecule has 5 rings (SSSR count). The first-order valence-corrected chi connectivity index (χ1v) is 17.8. The zero-order valence-corrected chi connectivity index (χ0v) is 32.5. The average Bonchev–Trinajstić information content (AvgIpc) is 3.21. The summed E-state index contributed by atoms with van der Waals surface area (Å²) in [5.74, 6) is -6.31. The molecule has 5 amide bonds. The molecule has 60 heavy (non-hydrogen) atoms. The molecule has 0 aromatic heterocycles. The lowest BCUT2D eigenvalue weighted by molar-refractivity contribution is -0.118. The van der Waals surface area contributed by atoms with Crippen molar-refractivity contribution in [2.24, 2.45) is 0 Å². The van der Waals surface area contributed by atoms with E-state index < -0.39 is 58.6 Å². The van der Waals surface area contributed by atoms with Gasteiger partial charge < -0.3 is 61.4 Å². The van der Waals surface area contributed by atoms with Crippen molar-refractivity contribution in [3.05, 3.63) is 125 Å². The standard InChI is InChI=1S/C42H40N6O12/c1-48(2)21-32(47-39(54)23-5-11-25(12-6-23)43-37(52)24-9-15-27(49)16-10-24)41(56)44-26-13-7-22(8-14-26)38(53)45-30-19-17-28(33(50)35(30)59-3)40(55)46-31-20-18-29(42(57)58)34(51)36(31)60-4/h5-20,32,49-51H,21H2,1-4H3,(H,43,52)(H,44,56)(H,45,53)(H,46,55)(H,47,54)(H,57,58)/t32-/m0/s1. The number of aromatic carboxylic acids is 1. The molecular weight excluding hydrogens is 780 g/mol. The zero-order chi connectivity index (χ0) is 43.7. The van der Waals surface area contributed by atoms with Gasteiger partial charge in [0.15, 0.2) is 23.0 Å². The molecule has 1 atom stereocenters. The van der Waals surface area contributed by atoms with Crippen molar-refractivity contribution in [3.8, 4) is 28.7 Å². The Morgan fingerprint density at radius 3 is 1.48 bits per heavy atom. The van der Waals surface area contributed by atoms with Crippen LogP contribution < -0.4 is 36.1 Å². The van der Waals surface area contributed by atoms with Gasteiger partial charge >= 0.3 is 5.97 Å². The quantitative estimate of drug-likeness (QED) is 0.0702. The fourth-order valence-corrected chi connectivity index (χ4v) is 5.75. The Balaban J connectivity index is 1.21. The van der Waals surface area contributed by atoms with E-state index in [4.69, 9.17) is 9.47 Å². The van der Waals surface area contributed by atoms with E-state index in [0.29, 0.717) is 16.9 Å². The second kappa shape index (κ2) is 18.9. The maximum Gasteiger partial charge on any atom is 0.339 e. The normalized spacial score (nSPS) is 11.2. The number of anilines is 4. The number of rotatable bonds is 15. The Hall–Kier alpha value is -8.12. The summed E-state index contributed by atoms with van der Waals surface area (Å²) in [5, 5.41) is 53.1. The number of nitrogens with one attached hydrogen (secondary N) is 5. The van der Waals surface area contributed by atoms with Crippen molar-refractivity contribution < 1.29 is 58.7 Å². The Kier molecular flexibility index (Phi) is 13.5. The summed E-state index contributed by atoms with van der Waals surface area (Å²) < 4.78 is 10.4. The molecule has 0 spiro atoms. The van der Waals surface area contributed by atoms with Gasteiger partial charge in [-0.2, -0.15) is 0 Å². The van der Waals surface area contributed by atoms with Crippen LogP contribution in [-0.2, 0) is 4.79 Å². The second-order valence-electron chi connectivity index (χ2n) is 13.2. The molecule has 5 aromatic rings. The lowest BCUT2D eigenvalue weighted by Gasteiger charge is -2.22. The van der Waals surface area contributed by atoms with Crippen LogP contribution in [0.1, 0.15) is 51.8 Å². The van der Waals surface area contributed by atoms with Crippen LogP contribution in [-0.4, -0.2) is 102 Å². The van der Waals surface area contributed by atoms with E-state index in [0.717, 1.165) is 6.07 Å². The summed E-state index contributed by atoms with van der Waals surface area (Å²) in [4.78, 5) is 78.5. The largest absolute Gasteiger partial charge is 0.508 e. The Bertz CT molecular complexity index is 2440. The zero-order valence-electron chi connectivity index (χ0n) is 32.5. The molecule has 9 N–H and O–H groups in total. The minimum Gasteiger partial charge on any atom is -0.508 e. The number of ether oxygens (including phenoxy) is 2. The molecule has 18 heteroatoms. The lowest BCUT2D eigenvalue weighted by atomic mass is 10.1. The number of likely N-dealkylation sites (N-methyl/N-ethyl adjacent to an activating group) is 1. The van der Waals surface area contributed by atoms with Crippen LogP contribution in [0.25, 0.3) is 0 Å². The fraction of sp³-hybridized carbons (Fsp3) is 0.143. The van der Waals surface area contributed by atoms with Crippen molar-refractivity contribution in [2.45, 2.75) is 6.04 Å². The number of phenols is 3. The molecule has 0 heterocycles. The molecule has 18 nitrogen and oxygen atoms in total. The number of nitrogens with zero attached hydrogens (tertiary/aromatic N) is 1. The van der Waals surface area contributed by atoms with Crippen LogP contribution in [0.4, 0.5) is 22.7 Å². The van der Waals surface area contributed by atoms with E-state index in [9.17, 15) is 49.2 Å². The molecule has 0 radical (unpaired) electrons. The summed E-state index contributed by atoms with van der Waals surface area (Å²) in [6, 6.07) is 21.4.